The first kappa shape index (κ1) is 22.8. The third-order valence-electron chi connectivity index (χ3n) is 6.86. The third-order valence-corrected chi connectivity index (χ3v) is 7.11. The van der Waals surface area contributed by atoms with Crippen LogP contribution in [0.25, 0.3) is 0 Å². The van der Waals surface area contributed by atoms with Crippen molar-refractivity contribution in [1.82, 2.24) is 9.80 Å². The van der Waals surface area contributed by atoms with Crippen LogP contribution in [0.5, 0.6) is 0 Å². The number of benzene rings is 2. The highest BCUT2D eigenvalue weighted by Gasteiger charge is 2.31. The molecule has 0 saturated carbocycles. The second-order valence-corrected chi connectivity index (χ2v) is 9.68. The van der Waals surface area contributed by atoms with Crippen molar-refractivity contribution in [1.29, 1.82) is 0 Å². The molecule has 0 amide bonds. The first-order valence-electron chi connectivity index (χ1n) is 11.7. The number of halogens is 1. The summed E-state index contributed by atoms with van der Waals surface area (Å²) in [6, 6.07) is 19.1. The normalized spacial score (nSPS) is 21.2. The minimum Gasteiger partial charge on any atom is -0.372 e. The Labute approximate surface area is 197 Å². The summed E-state index contributed by atoms with van der Waals surface area (Å²) in [6.07, 6.45) is 4.97. The molecule has 0 radical (unpaired) electrons. The van der Waals surface area contributed by atoms with E-state index in [0.29, 0.717) is 18.1 Å². The number of nitrogens with zero attached hydrogens (tertiary/aromatic N) is 2. The second kappa shape index (κ2) is 10.1. The van der Waals surface area contributed by atoms with Gasteiger partial charge in [0.1, 0.15) is 5.78 Å². The van der Waals surface area contributed by atoms with Crippen LogP contribution in [-0.4, -0.2) is 41.8 Å². The predicted octanol–water partition coefficient (Wildman–Crippen LogP) is 6.12. The van der Waals surface area contributed by atoms with Crippen LogP contribution in [0.15, 0.2) is 78.0 Å². The summed E-state index contributed by atoms with van der Waals surface area (Å²) < 4.78 is 0. The van der Waals surface area contributed by atoms with Gasteiger partial charge in [-0.15, -0.1) is 0 Å². The Kier molecular flexibility index (Phi) is 7.17. The highest BCUT2D eigenvalue weighted by atomic mass is 35.5. The van der Waals surface area contributed by atoms with Crippen molar-refractivity contribution in [3.63, 3.8) is 0 Å². The average Bonchev–Trinajstić information content (AvgIpc) is 2.95. The van der Waals surface area contributed by atoms with Crippen LogP contribution in [-0.2, 0) is 4.79 Å². The number of piperazine rings is 1. The molecule has 32 heavy (non-hydrogen) atoms. The quantitative estimate of drug-likeness (QED) is 0.550. The van der Waals surface area contributed by atoms with Gasteiger partial charge in [0.25, 0.3) is 0 Å². The van der Waals surface area contributed by atoms with Gasteiger partial charge in [-0.3, -0.25) is 9.69 Å². The van der Waals surface area contributed by atoms with Crippen molar-refractivity contribution in [3.8, 4) is 0 Å². The smallest absolute Gasteiger partial charge is 0.145 e. The summed E-state index contributed by atoms with van der Waals surface area (Å²) in [7, 11) is 0. The van der Waals surface area contributed by atoms with Gasteiger partial charge in [0.2, 0.25) is 0 Å². The van der Waals surface area contributed by atoms with Gasteiger partial charge < -0.3 is 4.90 Å². The Hall–Kier alpha value is -2.36. The summed E-state index contributed by atoms with van der Waals surface area (Å²) in [6.45, 7) is 10.1. The molecule has 0 spiro atoms. The molecule has 4 rings (SSSR count). The Morgan fingerprint density at radius 2 is 1.50 bits per heavy atom. The fourth-order valence-corrected chi connectivity index (χ4v) is 4.95. The van der Waals surface area contributed by atoms with Crippen LogP contribution in [0.1, 0.15) is 44.4 Å². The molecule has 2 aromatic rings. The summed E-state index contributed by atoms with van der Waals surface area (Å²) in [5, 5.41) is 0.762. The Bertz CT molecular complexity index is 986. The molecule has 1 heterocycles. The maximum absolute atomic E-state index is 12.8. The summed E-state index contributed by atoms with van der Waals surface area (Å²) >= 11 is 6.16. The van der Waals surface area contributed by atoms with E-state index in [1.165, 1.54) is 22.4 Å². The van der Waals surface area contributed by atoms with E-state index in [1.807, 2.05) is 12.1 Å². The van der Waals surface area contributed by atoms with E-state index < -0.39 is 0 Å². The third kappa shape index (κ3) is 5.00. The van der Waals surface area contributed by atoms with Gasteiger partial charge in [-0.25, -0.2) is 0 Å². The highest BCUT2D eigenvalue weighted by Crippen LogP contribution is 2.32. The molecule has 2 aromatic carbocycles. The lowest BCUT2D eigenvalue weighted by Crippen LogP contribution is -2.48. The van der Waals surface area contributed by atoms with E-state index in [-0.39, 0.29) is 12.0 Å². The van der Waals surface area contributed by atoms with Crippen molar-refractivity contribution in [2.24, 2.45) is 11.8 Å². The van der Waals surface area contributed by atoms with Gasteiger partial charge in [0.05, 0.1) is 12.0 Å². The Morgan fingerprint density at radius 3 is 2.12 bits per heavy atom. The van der Waals surface area contributed by atoms with Crippen molar-refractivity contribution in [3.05, 3.63) is 94.2 Å². The van der Waals surface area contributed by atoms with Crippen LogP contribution in [0.4, 0.5) is 0 Å². The minimum absolute atomic E-state index is 0.0461. The summed E-state index contributed by atoms with van der Waals surface area (Å²) in [5.41, 5.74) is 4.97. The Balaban J connectivity index is 1.54. The number of allylic oxidation sites excluding steroid dienone is 4. The van der Waals surface area contributed by atoms with Crippen LogP contribution in [0, 0.1) is 11.8 Å². The number of ketones is 1. The van der Waals surface area contributed by atoms with Crippen molar-refractivity contribution < 1.29 is 4.79 Å². The van der Waals surface area contributed by atoms with Gasteiger partial charge in [-0.2, -0.15) is 0 Å². The SMILES string of the molecule is CC(C)C1=CC=C(N2CCN(C(c3ccccc3)c3ccc(Cl)cc3)CC2)C(C)C(=O)C1. The lowest BCUT2D eigenvalue weighted by atomic mass is 9.93. The minimum atomic E-state index is -0.0461. The number of hydrogen-bond acceptors (Lipinski definition) is 3. The fraction of sp³-hybridized carbons (Fsp3) is 0.393. The van der Waals surface area contributed by atoms with Gasteiger partial charge in [0.15, 0.2) is 0 Å². The molecular weight excluding hydrogens is 416 g/mol. The standard InChI is InChI=1S/C28H33ClN2O/c1-20(2)24-11-14-26(21(3)27(32)19-24)30-15-17-31(18-16-30)28(22-7-5-4-6-8-22)23-9-12-25(29)13-10-23/h4-14,20-21,28H,15-19H2,1-3H3. The van der Waals surface area contributed by atoms with E-state index >= 15 is 0 Å². The monoisotopic (exact) mass is 448 g/mol. The van der Waals surface area contributed by atoms with Gasteiger partial charge in [-0.05, 0) is 42.2 Å². The van der Waals surface area contributed by atoms with Crippen LogP contribution in [0.2, 0.25) is 5.02 Å². The van der Waals surface area contributed by atoms with E-state index in [1.54, 1.807) is 0 Å². The summed E-state index contributed by atoms with van der Waals surface area (Å²) in [4.78, 5) is 17.8. The zero-order chi connectivity index (χ0) is 22.7. The number of rotatable bonds is 5. The Morgan fingerprint density at radius 1 is 0.875 bits per heavy atom. The zero-order valence-electron chi connectivity index (χ0n) is 19.3. The van der Waals surface area contributed by atoms with E-state index in [0.717, 1.165) is 31.2 Å². The van der Waals surface area contributed by atoms with E-state index in [9.17, 15) is 4.79 Å². The van der Waals surface area contributed by atoms with E-state index in [4.69, 9.17) is 11.6 Å². The predicted molar refractivity (Wildman–Crippen MR) is 133 cm³/mol. The number of Topliss-reactive ketones (excluding diaryl/α,β-unsaturated/α-hetero) is 1. The maximum Gasteiger partial charge on any atom is 0.145 e. The molecule has 2 atom stereocenters. The molecule has 2 unspecified atom stereocenters. The lowest BCUT2D eigenvalue weighted by Gasteiger charge is -2.42. The molecule has 0 bridgehead atoms. The molecule has 0 N–H and O–H groups in total. The number of hydrogen-bond donors (Lipinski definition) is 0. The molecule has 168 valence electrons. The number of carbonyl (C=O) groups excluding carboxylic acids is 1. The van der Waals surface area contributed by atoms with Crippen molar-refractivity contribution in [2.75, 3.05) is 26.2 Å². The number of carbonyl (C=O) groups is 1. The van der Waals surface area contributed by atoms with E-state index in [2.05, 4.69) is 85.2 Å². The first-order valence-corrected chi connectivity index (χ1v) is 12.0. The topological polar surface area (TPSA) is 23.6 Å². The lowest BCUT2D eigenvalue weighted by molar-refractivity contribution is -0.121. The fourth-order valence-electron chi connectivity index (χ4n) is 4.82. The second-order valence-electron chi connectivity index (χ2n) is 9.24. The molecule has 3 nitrogen and oxygen atoms in total. The molecule has 2 aliphatic rings. The van der Waals surface area contributed by atoms with Crippen LogP contribution < -0.4 is 0 Å². The van der Waals surface area contributed by atoms with Crippen molar-refractivity contribution >= 4 is 17.4 Å². The highest BCUT2D eigenvalue weighted by molar-refractivity contribution is 6.30. The molecule has 1 aliphatic carbocycles. The molecule has 4 heteroatoms. The van der Waals surface area contributed by atoms with Gasteiger partial charge >= 0.3 is 0 Å². The molecular formula is C28H33ClN2O. The molecule has 1 aliphatic heterocycles. The van der Waals surface area contributed by atoms with Gasteiger partial charge in [0, 0.05) is 43.3 Å². The maximum atomic E-state index is 12.8. The largest absolute Gasteiger partial charge is 0.372 e. The van der Waals surface area contributed by atoms with Gasteiger partial charge in [-0.1, -0.05) is 79.6 Å². The van der Waals surface area contributed by atoms with Crippen molar-refractivity contribution in [2.45, 2.75) is 33.2 Å². The average molecular weight is 449 g/mol. The zero-order valence-corrected chi connectivity index (χ0v) is 20.1. The molecule has 0 aromatic heterocycles. The molecule has 1 fully saturated rings. The van der Waals surface area contributed by atoms with Crippen LogP contribution >= 0.6 is 11.6 Å². The summed E-state index contributed by atoms with van der Waals surface area (Å²) in [5.74, 6) is 0.694. The first-order chi connectivity index (χ1) is 15.4. The molecule has 1 saturated heterocycles. The van der Waals surface area contributed by atoms with Crippen LogP contribution in [0.3, 0.4) is 0 Å².